The summed E-state index contributed by atoms with van der Waals surface area (Å²) < 4.78 is 44.1. The Labute approximate surface area is 209 Å². The van der Waals surface area contributed by atoms with Crippen molar-refractivity contribution in [2.45, 2.75) is 51.5 Å². The van der Waals surface area contributed by atoms with Gasteiger partial charge in [0.05, 0.1) is 24.3 Å². The predicted octanol–water partition coefficient (Wildman–Crippen LogP) is 4.44. The lowest BCUT2D eigenvalue weighted by Crippen LogP contribution is -2.62. The Morgan fingerprint density at radius 1 is 1.06 bits per heavy atom. The molecule has 0 bridgehead atoms. The number of aromatic nitrogens is 2. The number of ether oxygens (including phenoxy) is 1. The molecule has 1 amide bonds. The van der Waals surface area contributed by atoms with Crippen LogP contribution in [0.1, 0.15) is 37.8 Å². The second kappa shape index (κ2) is 9.53. The third-order valence-electron chi connectivity index (χ3n) is 7.63. The van der Waals surface area contributed by atoms with Gasteiger partial charge in [-0.3, -0.25) is 9.80 Å². The molecule has 10 heteroatoms. The van der Waals surface area contributed by atoms with Gasteiger partial charge in [0.1, 0.15) is 0 Å². The minimum atomic E-state index is -4.47. The molecule has 3 fully saturated rings. The molecule has 1 saturated carbocycles. The summed E-state index contributed by atoms with van der Waals surface area (Å²) >= 11 is 0. The van der Waals surface area contributed by atoms with Crippen LogP contribution in [0.5, 0.6) is 0 Å². The summed E-state index contributed by atoms with van der Waals surface area (Å²) in [7, 11) is 0. The van der Waals surface area contributed by atoms with E-state index >= 15 is 0 Å². The molecule has 194 valence electrons. The fourth-order valence-corrected chi connectivity index (χ4v) is 6.14. The van der Waals surface area contributed by atoms with Gasteiger partial charge < -0.3 is 9.64 Å². The topological polar surface area (TPSA) is 61.8 Å². The van der Waals surface area contributed by atoms with E-state index in [1.807, 2.05) is 24.8 Å². The molecule has 0 unspecified atom stereocenters. The normalized spacial score (nSPS) is 24.4. The third-order valence-corrected chi connectivity index (χ3v) is 7.63. The van der Waals surface area contributed by atoms with Crippen molar-refractivity contribution >= 4 is 12.0 Å². The lowest BCUT2D eigenvalue weighted by Gasteiger charge is -2.59. The molecule has 0 radical (unpaired) electrons. The van der Waals surface area contributed by atoms with E-state index in [1.165, 1.54) is 5.56 Å². The van der Waals surface area contributed by atoms with Gasteiger partial charge >= 0.3 is 12.3 Å². The van der Waals surface area contributed by atoms with E-state index in [2.05, 4.69) is 39.1 Å². The smallest absolute Gasteiger partial charge is 0.419 e. The summed E-state index contributed by atoms with van der Waals surface area (Å²) in [6.45, 7) is 8.29. The maximum Gasteiger partial charge on any atom is 0.419 e. The number of rotatable bonds is 5. The Hall–Kier alpha value is -2.88. The van der Waals surface area contributed by atoms with Gasteiger partial charge in [-0.15, -0.1) is 0 Å². The summed E-state index contributed by atoms with van der Waals surface area (Å²) in [5.41, 5.74) is 0.850. The first kappa shape index (κ1) is 24.8. The number of amides is 1. The molecule has 1 aromatic carbocycles. The van der Waals surface area contributed by atoms with Crippen molar-refractivity contribution < 1.29 is 22.7 Å². The first-order chi connectivity index (χ1) is 17.1. The molecule has 1 aromatic heterocycles. The quantitative estimate of drug-likeness (QED) is 0.601. The van der Waals surface area contributed by atoms with Crippen LogP contribution in [0, 0.1) is 11.3 Å². The van der Waals surface area contributed by atoms with Crippen LogP contribution in [0.2, 0.25) is 0 Å². The van der Waals surface area contributed by atoms with Crippen molar-refractivity contribution in [1.82, 2.24) is 19.8 Å². The number of alkyl halides is 3. The molecule has 3 heterocycles. The fraction of sp³-hybridized carbons (Fsp3) is 0.577. The molecule has 2 saturated heterocycles. The number of hydrogen-bond acceptors (Lipinski definition) is 6. The van der Waals surface area contributed by atoms with Gasteiger partial charge in [-0.05, 0) is 43.6 Å². The van der Waals surface area contributed by atoms with Crippen LogP contribution in [0.4, 0.5) is 23.9 Å². The van der Waals surface area contributed by atoms with E-state index in [1.54, 1.807) is 4.90 Å². The molecule has 2 atom stereocenters. The Balaban J connectivity index is 1.06. The van der Waals surface area contributed by atoms with E-state index in [9.17, 15) is 18.0 Å². The molecule has 5 rings (SSSR count). The lowest BCUT2D eigenvalue weighted by molar-refractivity contribution is -0.138. The monoisotopic (exact) mass is 503 g/mol. The summed E-state index contributed by atoms with van der Waals surface area (Å²) in [6.07, 6.45) is -1.02. The Morgan fingerprint density at radius 2 is 1.67 bits per heavy atom. The molecule has 3 aliphatic rings. The van der Waals surface area contributed by atoms with E-state index in [0.717, 1.165) is 44.9 Å². The molecule has 1 spiro atoms. The van der Waals surface area contributed by atoms with E-state index in [-0.39, 0.29) is 24.1 Å². The number of nitrogens with zero attached hydrogens (tertiary/aromatic N) is 5. The highest BCUT2D eigenvalue weighted by Gasteiger charge is 2.52. The number of halogens is 3. The van der Waals surface area contributed by atoms with Gasteiger partial charge in [-0.1, -0.05) is 30.3 Å². The zero-order valence-electron chi connectivity index (χ0n) is 20.6. The summed E-state index contributed by atoms with van der Waals surface area (Å²) in [5, 5.41) is 0. The molecule has 1 aliphatic carbocycles. The first-order valence-electron chi connectivity index (χ1n) is 12.5. The van der Waals surface area contributed by atoms with Crippen molar-refractivity contribution in [2.24, 2.45) is 11.3 Å². The van der Waals surface area contributed by atoms with Gasteiger partial charge in [-0.2, -0.15) is 13.2 Å². The van der Waals surface area contributed by atoms with Crippen LogP contribution in [-0.4, -0.2) is 70.7 Å². The van der Waals surface area contributed by atoms with Gasteiger partial charge in [0, 0.05) is 45.1 Å². The Morgan fingerprint density at radius 3 is 2.25 bits per heavy atom. The Bertz CT molecular complexity index is 1040. The van der Waals surface area contributed by atoms with Crippen LogP contribution in [0.25, 0.3) is 0 Å². The molecular weight excluding hydrogens is 471 g/mol. The number of benzene rings is 1. The van der Waals surface area contributed by atoms with E-state index in [0.29, 0.717) is 31.0 Å². The average Bonchev–Trinajstić information content (AvgIpc) is 2.78. The summed E-state index contributed by atoms with van der Waals surface area (Å²) in [4.78, 5) is 26.7. The molecule has 2 aromatic rings. The lowest BCUT2D eigenvalue weighted by atomic mass is 9.58. The van der Waals surface area contributed by atoms with Crippen molar-refractivity contribution in [2.75, 3.05) is 37.7 Å². The zero-order chi connectivity index (χ0) is 25.5. The van der Waals surface area contributed by atoms with Crippen LogP contribution >= 0.6 is 0 Å². The zero-order valence-corrected chi connectivity index (χ0v) is 20.6. The summed E-state index contributed by atoms with van der Waals surface area (Å²) in [5.74, 6) is 0.636. The van der Waals surface area contributed by atoms with Crippen molar-refractivity contribution in [1.29, 1.82) is 0 Å². The van der Waals surface area contributed by atoms with Crippen LogP contribution in [0.3, 0.4) is 0 Å². The number of likely N-dealkylation sites (tertiary alicyclic amines) is 1. The standard InChI is InChI=1S/C26H32F3N5O2/c1-18-12-33(23-30-10-22(11-31-23)26(27,28)29)13-19(2)34(18)24(35)36-15-21-8-25(9-21)16-32(17-25)14-20-6-4-3-5-7-20/h3-7,10-11,18-19,21H,8-9,12-17H2,1-2H3/t18-,19+. The van der Waals surface area contributed by atoms with Crippen molar-refractivity contribution in [3.63, 3.8) is 0 Å². The minimum Gasteiger partial charge on any atom is -0.449 e. The van der Waals surface area contributed by atoms with Gasteiger partial charge in [0.2, 0.25) is 5.95 Å². The number of carbonyl (C=O) groups excluding carboxylic acids is 1. The third kappa shape index (κ3) is 5.14. The first-order valence-corrected chi connectivity index (χ1v) is 12.5. The van der Waals surface area contributed by atoms with Gasteiger partial charge in [-0.25, -0.2) is 14.8 Å². The summed E-state index contributed by atoms with van der Waals surface area (Å²) in [6, 6.07) is 10.1. The maximum atomic E-state index is 12.9. The number of piperazine rings is 1. The molecule has 36 heavy (non-hydrogen) atoms. The average molecular weight is 504 g/mol. The highest BCUT2D eigenvalue weighted by molar-refractivity contribution is 5.69. The highest BCUT2D eigenvalue weighted by atomic mass is 19.4. The van der Waals surface area contributed by atoms with Crippen LogP contribution in [0.15, 0.2) is 42.7 Å². The second-order valence-corrected chi connectivity index (χ2v) is 10.8. The minimum absolute atomic E-state index is 0.182. The molecule has 2 aliphatic heterocycles. The number of hydrogen-bond donors (Lipinski definition) is 0. The van der Waals surface area contributed by atoms with Crippen LogP contribution in [-0.2, 0) is 17.5 Å². The van der Waals surface area contributed by atoms with Crippen molar-refractivity contribution in [3.8, 4) is 0 Å². The molecule has 7 nitrogen and oxygen atoms in total. The highest BCUT2D eigenvalue weighted by Crippen LogP contribution is 2.52. The number of carbonyl (C=O) groups is 1. The predicted molar refractivity (Wildman–Crippen MR) is 128 cm³/mol. The Kier molecular flexibility index (Phi) is 6.57. The fourth-order valence-electron chi connectivity index (χ4n) is 6.14. The van der Waals surface area contributed by atoms with E-state index < -0.39 is 11.7 Å². The SMILES string of the molecule is C[C@@H]1CN(c2ncc(C(F)(F)F)cn2)C[C@H](C)N1C(=O)OCC1CC2(C1)CN(Cc1ccccc1)C2. The van der Waals surface area contributed by atoms with Gasteiger partial charge in [0.15, 0.2) is 0 Å². The van der Waals surface area contributed by atoms with Crippen LogP contribution < -0.4 is 4.90 Å². The maximum absolute atomic E-state index is 12.9. The van der Waals surface area contributed by atoms with Gasteiger partial charge in [0.25, 0.3) is 0 Å². The molecular formula is C26H32F3N5O2. The second-order valence-electron chi connectivity index (χ2n) is 10.8. The molecule has 0 N–H and O–H groups in total. The number of anilines is 1. The van der Waals surface area contributed by atoms with E-state index in [4.69, 9.17) is 4.74 Å². The van der Waals surface area contributed by atoms with Crippen molar-refractivity contribution in [3.05, 3.63) is 53.9 Å². The largest absolute Gasteiger partial charge is 0.449 e.